The average Bonchev–Trinajstić information content (AvgIpc) is 2.93. The van der Waals surface area contributed by atoms with Crippen molar-refractivity contribution in [1.29, 1.82) is 5.26 Å². The molecule has 0 radical (unpaired) electrons. The first-order valence-electron chi connectivity index (χ1n) is 8.40. The van der Waals surface area contributed by atoms with Crippen LogP contribution in [0, 0.1) is 18.3 Å². The van der Waals surface area contributed by atoms with Crippen molar-refractivity contribution in [3.63, 3.8) is 0 Å². The van der Waals surface area contributed by atoms with Crippen LogP contribution in [0.4, 0.5) is 0 Å². The summed E-state index contributed by atoms with van der Waals surface area (Å²) in [7, 11) is -1.65. The minimum atomic E-state index is -3.58. The van der Waals surface area contributed by atoms with Crippen LogP contribution in [0.25, 0.3) is 10.9 Å². The molecular weight excluding hydrogens is 419 g/mol. The van der Waals surface area contributed by atoms with Crippen molar-refractivity contribution in [1.82, 2.24) is 4.57 Å². The highest BCUT2D eigenvalue weighted by molar-refractivity contribution is 7.85. The molecule has 3 rings (SSSR count). The molecule has 0 spiro atoms. The van der Waals surface area contributed by atoms with E-state index in [1.165, 1.54) is 0 Å². The molecule has 0 aliphatic carbocycles. The lowest BCUT2D eigenvalue weighted by Gasteiger charge is -2.12. The number of nitrogens with zero attached hydrogens (tertiary/aromatic N) is 2. The molecule has 5 nitrogen and oxygen atoms in total. The largest absolute Gasteiger partial charge is 0.347 e. The maximum absolute atomic E-state index is 11.3. The zero-order valence-corrected chi connectivity index (χ0v) is 17.9. The quantitative estimate of drug-likeness (QED) is 0.541. The first kappa shape index (κ1) is 20.7. The van der Waals surface area contributed by atoms with Crippen LogP contribution in [-0.2, 0) is 34.4 Å². The monoisotopic (exact) mass is 436 g/mol. The Morgan fingerprint density at radius 1 is 1.21 bits per heavy atom. The molecule has 1 aromatic heterocycles. The van der Waals surface area contributed by atoms with Gasteiger partial charge in [-0.3, -0.25) is 4.18 Å². The highest BCUT2D eigenvalue weighted by atomic mass is 35.5. The van der Waals surface area contributed by atoms with E-state index in [1.807, 2.05) is 30.7 Å². The Bertz CT molecular complexity index is 1220. The number of hydrogen-bond acceptors (Lipinski definition) is 4. The molecule has 28 heavy (non-hydrogen) atoms. The Balaban J connectivity index is 2.03. The standard InChI is InChI=1S/C20H18Cl2N2O3S/c1-12-6-13(10-23)7-19-16(12)8-15(24(19)2)9-17-18(21)5-4-14(20(17)22)11-27-28(3,25)26/h4-8H,9,11H2,1-3H3. The predicted molar refractivity (Wildman–Crippen MR) is 111 cm³/mol. The van der Waals surface area contributed by atoms with Gasteiger partial charge in [-0.25, -0.2) is 0 Å². The molecule has 1 heterocycles. The normalized spacial score (nSPS) is 11.7. The molecular formula is C20H18Cl2N2O3S. The van der Waals surface area contributed by atoms with E-state index in [0.29, 0.717) is 33.2 Å². The zero-order valence-electron chi connectivity index (χ0n) is 15.6. The highest BCUT2D eigenvalue weighted by Gasteiger charge is 2.16. The Morgan fingerprint density at radius 2 is 1.93 bits per heavy atom. The van der Waals surface area contributed by atoms with E-state index in [-0.39, 0.29) is 6.61 Å². The summed E-state index contributed by atoms with van der Waals surface area (Å²) in [5.74, 6) is 0. The number of aryl methyl sites for hydroxylation is 2. The van der Waals surface area contributed by atoms with E-state index in [9.17, 15) is 13.7 Å². The smallest absolute Gasteiger partial charge is 0.264 e. The summed E-state index contributed by atoms with van der Waals surface area (Å²) >= 11 is 12.9. The molecule has 0 N–H and O–H groups in total. The molecule has 0 aliphatic heterocycles. The second-order valence-electron chi connectivity index (χ2n) is 6.67. The first-order chi connectivity index (χ1) is 13.1. The lowest BCUT2D eigenvalue weighted by molar-refractivity contribution is 0.311. The van der Waals surface area contributed by atoms with Crippen molar-refractivity contribution in [2.45, 2.75) is 20.0 Å². The van der Waals surface area contributed by atoms with Gasteiger partial charge in [0.05, 0.1) is 29.5 Å². The Morgan fingerprint density at radius 3 is 2.57 bits per heavy atom. The van der Waals surface area contributed by atoms with Crippen LogP contribution in [0.1, 0.15) is 27.9 Å². The molecule has 8 heteroatoms. The van der Waals surface area contributed by atoms with Gasteiger partial charge in [-0.1, -0.05) is 29.3 Å². The van der Waals surface area contributed by atoms with E-state index in [1.54, 1.807) is 12.1 Å². The summed E-state index contributed by atoms with van der Waals surface area (Å²) < 4.78 is 29.4. The van der Waals surface area contributed by atoms with Gasteiger partial charge in [0.2, 0.25) is 0 Å². The van der Waals surface area contributed by atoms with Crippen molar-refractivity contribution in [2.24, 2.45) is 7.05 Å². The number of fused-ring (bicyclic) bond motifs is 1. The number of halogens is 2. The van der Waals surface area contributed by atoms with Crippen LogP contribution in [0.2, 0.25) is 10.0 Å². The van der Waals surface area contributed by atoms with Gasteiger partial charge in [-0.2, -0.15) is 13.7 Å². The molecule has 2 aromatic carbocycles. The predicted octanol–water partition coefficient (Wildman–Crippen LogP) is 4.73. The molecule has 0 atom stereocenters. The summed E-state index contributed by atoms with van der Waals surface area (Å²) in [4.78, 5) is 0. The van der Waals surface area contributed by atoms with Gasteiger partial charge < -0.3 is 4.57 Å². The molecule has 0 saturated heterocycles. The maximum Gasteiger partial charge on any atom is 0.264 e. The third-order valence-electron chi connectivity index (χ3n) is 4.65. The fourth-order valence-corrected chi connectivity index (χ4v) is 4.07. The van der Waals surface area contributed by atoms with Crippen LogP contribution < -0.4 is 0 Å². The Labute approximate surface area is 174 Å². The Hall–Kier alpha value is -2.04. The summed E-state index contributed by atoms with van der Waals surface area (Å²) in [5, 5.41) is 11.2. The van der Waals surface area contributed by atoms with Gasteiger partial charge in [0.25, 0.3) is 10.1 Å². The maximum atomic E-state index is 11.3. The highest BCUT2D eigenvalue weighted by Crippen LogP contribution is 2.33. The van der Waals surface area contributed by atoms with Gasteiger partial charge in [0.1, 0.15) is 0 Å². The number of rotatable bonds is 5. The third kappa shape index (κ3) is 4.18. The van der Waals surface area contributed by atoms with Crippen molar-refractivity contribution >= 4 is 44.2 Å². The van der Waals surface area contributed by atoms with Crippen LogP contribution in [0.3, 0.4) is 0 Å². The van der Waals surface area contributed by atoms with Gasteiger partial charge in [0, 0.05) is 35.1 Å². The minimum absolute atomic E-state index is 0.151. The fraction of sp³-hybridized carbons (Fsp3) is 0.250. The molecule has 0 fully saturated rings. The molecule has 0 bridgehead atoms. The summed E-state index contributed by atoms with van der Waals surface area (Å²) in [6.07, 6.45) is 1.45. The molecule has 3 aromatic rings. The van der Waals surface area contributed by atoms with Crippen LogP contribution in [0.15, 0.2) is 30.3 Å². The van der Waals surface area contributed by atoms with Crippen molar-refractivity contribution in [3.05, 3.63) is 68.3 Å². The molecule has 0 amide bonds. The molecule has 0 saturated carbocycles. The van der Waals surface area contributed by atoms with Crippen molar-refractivity contribution in [3.8, 4) is 6.07 Å². The summed E-state index contributed by atoms with van der Waals surface area (Å²) in [6.45, 7) is 1.82. The number of hydrogen-bond donors (Lipinski definition) is 0. The average molecular weight is 437 g/mol. The van der Waals surface area contributed by atoms with Gasteiger partial charge in [-0.05, 0) is 47.9 Å². The van der Waals surface area contributed by atoms with E-state index >= 15 is 0 Å². The number of benzene rings is 2. The molecule has 0 aliphatic rings. The lowest BCUT2D eigenvalue weighted by Crippen LogP contribution is -2.05. The van der Waals surface area contributed by atoms with Crippen LogP contribution >= 0.6 is 23.2 Å². The van der Waals surface area contributed by atoms with Crippen LogP contribution in [0.5, 0.6) is 0 Å². The van der Waals surface area contributed by atoms with E-state index < -0.39 is 10.1 Å². The van der Waals surface area contributed by atoms with Crippen LogP contribution in [-0.4, -0.2) is 19.2 Å². The second kappa shape index (κ2) is 7.76. The van der Waals surface area contributed by atoms with Gasteiger partial charge in [-0.15, -0.1) is 0 Å². The van der Waals surface area contributed by atoms with Gasteiger partial charge in [0.15, 0.2) is 0 Å². The lowest BCUT2D eigenvalue weighted by atomic mass is 10.0. The number of nitriles is 1. The molecule has 0 unspecified atom stereocenters. The molecule has 146 valence electrons. The first-order valence-corrected chi connectivity index (χ1v) is 11.0. The zero-order chi connectivity index (χ0) is 20.6. The van der Waals surface area contributed by atoms with E-state index in [4.69, 9.17) is 27.4 Å². The Kier molecular flexibility index (Phi) is 5.74. The van der Waals surface area contributed by atoms with E-state index in [2.05, 4.69) is 12.1 Å². The summed E-state index contributed by atoms with van der Waals surface area (Å²) in [5.41, 5.74) is 4.79. The van der Waals surface area contributed by atoms with Gasteiger partial charge >= 0.3 is 0 Å². The summed E-state index contributed by atoms with van der Waals surface area (Å²) in [6, 6.07) is 11.3. The number of aromatic nitrogens is 1. The second-order valence-corrected chi connectivity index (χ2v) is 9.10. The van der Waals surface area contributed by atoms with E-state index in [0.717, 1.165) is 28.4 Å². The topological polar surface area (TPSA) is 72.1 Å². The fourth-order valence-electron chi connectivity index (χ4n) is 3.17. The SMILES string of the molecule is Cc1cc(C#N)cc2c1cc(Cc1c(Cl)ccc(COS(C)(=O)=O)c1Cl)n2C. The third-order valence-corrected chi connectivity index (χ3v) is 6.02. The minimum Gasteiger partial charge on any atom is -0.347 e. The van der Waals surface area contributed by atoms with Crippen molar-refractivity contribution in [2.75, 3.05) is 6.26 Å². The van der Waals surface area contributed by atoms with Crippen molar-refractivity contribution < 1.29 is 12.6 Å².